The highest BCUT2D eigenvalue weighted by Crippen LogP contribution is 2.20. The van der Waals surface area contributed by atoms with Gasteiger partial charge in [0.1, 0.15) is 0 Å². The molecule has 0 aromatic carbocycles. The van der Waals surface area contributed by atoms with E-state index in [4.69, 9.17) is 4.74 Å². The molecule has 2 heterocycles. The summed E-state index contributed by atoms with van der Waals surface area (Å²) in [5.74, 6) is 0. The summed E-state index contributed by atoms with van der Waals surface area (Å²) < 4.78 is 5.54. The summed E-state index contributed by atoms with van der Waals surface area (Å²) in [6.07, 6.45) is 5.74. The SMILES string of the molecule is CC(C)OCCCNCCN1CCN2CCCCC2C1. The number of hydrogen-bond donors (Lipinski definition) is 1. The van der Waals surface area contributed by atoms with Crippen LogP contribution in [-0.4, -0.2) is 74.4 Å². The summed E-state index contributed by atoms with van der Waals surface area (Å²) >= 11 is 0. The third-order valence-corrected chi connectivity index (χ3v) is 4.48. The predicted octanol–water partition coefficient (Wildman–Crippen LogP) is 1.56. The van der Waals surface area contributed by atoms with Crippen molar-refractivity contribution in [2.24, 2.45) is 0 Å². The van der Waals surface area contributed by atoms with Crippen molar-refractivity contribution in [1.29, 1.82) is 0 Å². The fourth-order valence-electron chi connectivity index (χ4n) is 3.30. The maximum Gasteiger partial charge on any atom is 0.0518 e. The Kier molecular flexibility index (Phi) is 7.28. The number of nitrogens with one attached hydrogen (secondary N) is 1. The number of ether oxygens (including phenoxy) is 1. The molecule has 1 atom stereocenters. The third kappa shape index (κ3) is 5.68. The standard InChI is InChI=1S/C16H33N3O/c1-15(2)20-13-5-7-17-8-10-18-11-12-19-9-4-3-6-16(19)14-18/h15-17H,3-14H2,1-2H3. The minimum Gasteiger partial charge on any atom is -0.379 e. The average molecular weight is 283 g/mol. The Morgan fingerprint density at radius 3 is 2.90 bits per heavy atom. The van der Waals surface area contributed by atoms with Gasteiger partial charge in [0.15, 0.2) is 0 Å². The molecule has 1 N–H and O–H groups in total. The molecule has 4 nitrogen and oxygen atoms in total. The van der Waals surface area contributed by atoms with Gasteiger partial charge in [-0.15, -0.1) is 0 Å². The summed E-state index contributed by atoms with van der Waals surface area (Å²) in [5.41, 5.74) is 0. The van der Waals surface area contributed by atoms with E-state index in [0.29, 0.717) is 6.10 Å². The van der Waals surface area contributed by atoms with Gasteiger partial charge in [0.05, 0.1) is 6.10 Å². The van der Waals surface area contributed by atoms with Crippen LogP contribution in [0.2, 0.25) is 0 Å². The summed E-state index contributed by atoms with van der Waals surface area (Å²) in [7, 11) is 0. The summed E-state index contributed by atoms with van der Waals surface area (Å²) in [4.78, 5) is 5.35. The van der Waals surface area contributed by atoms with E-state index in [2.05, 4.69) is 29.0 Å². The van der Waals surface area contributed by atoms with E-state index in [-0.39, 0.29) is 0 Å². The third-order valence-electron chi connectivity index (χ3n) is 4.48. The Morgan fingerprint density at radius 1 is 1.15 bits per heavy atom. The van der Waals surface area contributed by atoms with Crippen LogP contribution in [0.15, 0.2) is 0 Å². The van der Waals surface area contributed by atoms with E-state index in [1.165, 1.54) is 52.0 Å². The maximum absolute atomic E-state index is 5.54. The van der Waals surface area contributed by atoms with Crippen molar-refractivity contribution >= 4 is 0 Å². The van der Waals surface area contributed by atoms with Crippen LogP contribution in [0.3, 0.4) is 0 Å². The first-order valence-corrected chi connectivity index (χ1v) is 8.54. The van der Waals surface area contributed by atoms with Crippen molar-refractivity contribution < 1.29 is 4.74 Å². The Balaban J connectivity index is 1.48. The van der Waals surface area contributed by atoms with Crippen LogP contribution < -0.4 is 5.32 Å². The molecule has 0 amide bonds. The molecule has 0 saturated carbocycles. The largest absolute Gasteiger partial charge is 0.379 e. The first-order valence-electron chi connectivity index (χ1n) is 8.54. The van der Waals surface area contributed by atoms with E-state index in [9.17, 15) is 0 Å². The number of piperazine rings is 1. The first kappa shape index (κ1) is 16.2. The zero-order valence-electron chi connectivity index (χ0n) is 13.4. The molecule has 2 fully saturated rings. The molecular weight excluding hydrogens is 250 g/mol. The van der Waals surface area contributed by atoms with Crippen LogP contribution in [0.4, 0.5) is 0 Å². The molecule has 4 heteroatoms. The highest BCUT2D eigenvalue weighted by atomic mass is 16.5. The topological polar surface area (TPSA) is 27.7 Å². The first-order chi connectivity index (χ1) is 9.75. The van der Waals surface area contributed by atoms with Crippen LogP contribution in [0.25, 0.3) is 0 Å². The van der Waals surface area contributed by atoms with Gasteiger partial charge in [-0.2, -0.15) is 0 Å². The summed E-state index contributed by atoms with van der Waals surface area (Å²) in [6.45, 7) is 13.6. The van der Waals surface area contributed by atoms with Gasteiger partial charge in [-0.25, -0.2) is 0 Å². The fraction of sp³-hybridized carbons (Fsp3) is 1.00. The molecule has 1 unspecified atom stereocenters. The zero-order valence-corrected chi connectivity index (χ0v) is 13.4. The number of rotatable bonds is 8. The minimum atomic E-state index is 0.363. The van der Waals surface area contributed by atoms with Gasteiger partial charge >= 0.3 is 0 Å². The highest BCUT2D eigenvalue weighted by Gasteiger charge is 2.28. The fourth-order valence-corrected chi connectivity index (χ4v) is 3.30. The van der Waals surface area contributed by atoms with E-state index >= 15 is 0 Å². The molecule has 2 aliphatic heterocycles. The van der Waals surface area contributed by atoms with E-state index < -0.39 is 0 Å². The lowest BCUT2D eigenvalue weighted by molar-refractivity contribution is 0.0497. The highest BCUT2D eigenvalue weighted by molar-refractivity contribution is 4.85. The summed E-state index contributed by atoms with van der Waals surface area (Å²) in [6, 6.07) is 0.844. The van der Waals surface area contributed by atoms with Crippen molar-refractivity contribution in [3.05, 3.63) is 0 Å². The van der Waals surface area contributed by atoms with Crippen LogP contribution in [0.5, 0.6) is 0 Å². The lowest BCUT2D eigenvalue weighted by Crippen LogP contribution is -2.55. The van der Waals surface area contributed by atoms with Crippen LogP contribution >= 0.6 is 0 Å². The predicted molar refractivity (Wildman–Crippen MR) is 84.2 cm³/mol. The summed E-state index contributed by atoms with van der Waals surface area (Å²) in [5, 5.41) is 3.54. The molecule has 0 aliphatic carbocycles. The molecule has 118 valence electrons. The number of piperidine rings is 1. The zero-order chi connectivity index (χ0) is 14.2. The monoisotopic (exact) mass is 283 g/mol. The van der Waals surface area contributed by atoms with Gasteiger partial charge in [-0.1, -0.05) is 6.42 Å². The molecule has 0 aromatic heterocycles. The molecular formula is C16H33N3O. The Hall–Kier alpha value is -0.160. The van der Waals surface area contributed by atoms with E-state index in [1.807, 2.05) is 0 Å². The number of hydrogen-bond acceptors (Lipinski definition) is 4. The second kappa shape index (κ2) is 8.98. The van der Waals surface area contributed by atoms with Gasteiger partial charge in [0.2, 0.25) is 0 Å². The minimum absolute atomic E-state index is 0.363. The quantitative estimate of drug-likeness (QED) is 0.684. The van der Waals surface area contributed by atoms with Crippen molar-refractivity contribution in [2.45, 2.75) is 51.7 Å². The van der Waals surface area contributed by atoms with Gasteiger partial charge in [0, 0.05) is 45.4 Å². The van der Waals surface area contributed by atoms with Crippen LogP contribution in [-0.2, 0) is 4.74 Å². The second-order valence-electron chi connectivity index (χ2n) is 6.51. The molecule has 0 radical (unpaired) electrons. The molecule has 2 rings (SSSR count). The normalized spacial score (nSPS) is 25.1. The Bertz CT molecular complexity index is 260. The van der Waals surface area contributed by atoms with Crippen molar-refractivity contribution in [3.8, 4) is 0 Å². The van der Waals surface area contributed by atoms with Crippen molar-refractivity contribution in [1.82, 2.24) is 15.1 Å². The number of nitrogens with zero attached hydrogens (tertiary/aromatic N) is 2. The Morgan fingerprint density at radius 2 is 2.05 bits per heavy atom. The smallest absolute Gasteiger partial charge is 0.0518 e. The van der Waals surface area contributed by atoms with Gasteiger partial charge in [-0.3, -0.25) is 9.80 Å². The van der Waals surface area contributed by atoms with Gasteiger partial charge in [-0.05, 0) is 46.2 Å². The molecule has 2 saturated heterocycles. The lowest BCUT2D eigenvalue weighted by Gasteiger charge is -2.44. The molecule has 0 spiro atoms. The molecule has 2 aliphatic rings. The lowest BCUT2D eigenvalue weighted by atomic mass is 9.99. The Labute approximate surface area is 124 Å². The molecule has 20 heavy (non-hydrogen) atoms. The van der Waals surface area contributed by atoms with Crippen molar-refractivity contribution in [2.75, 3.05) is 52.4 Å². The van der Waals surface area contributed by atoms with Crippen LogP contribution in [0.1, 0.15) is 39.5 Å². The molecule has 0 aromatic rings. The van der Waals surface area contributed by atoms with E-state index in [1.54, 1.807) is 0 Å². The van der Waals surface area contributed by atoms with Gasteiger partial charge < -0.3 is 10.1 Å². The number of fused-ring (bicyclic) bond motifs is 1. The second-order valence-corrected chi connectivity index (χ2v) is 6.51. The molecule has 0 bridgehead atoms. The van der Waals surface area contributed by atoms with Crippen molar-refractivity contribution in [3.63, 3.8) is 0 Å². The van der Waals surface area contributed by atoms with Gasteiger partial charge in [0.25, 0.3) is 0 Å². The average Bonchev–Trinajstić information content (AvgIpc) is 2.46. The van der Waals surface area contributed by atoms with E-state index in [0.717, 1.165) is 32.2 Å². The van der Waals surface area contributed by atoms with Crippen LogP contribution in [0, 0.1) is 0 Å². The maximum atomic E-state index is 5.54.